The molecule has 4 aliphatic heterocycles. The number of amides is 3. The molecule has 3 saturated heterocycles. The fourth-order valence-electron chi connectivity index (χ4n) is 7.27. The average Bonchev–Trinajstić information content (AvgIpc) is 3.15. The molecular formula is C38H44N4O7. The second-order valence-corrected chi connectivity index (χ2v) is 13.1. The minimum atomic E-state index is -0.332. The Morgan fingerprint density at radius 1 is 0.755 bits per heavy atom. The van der Waals surface area contributed by atoms with Crippen LogP contribution in [0.15, 0.2) is 66.7 Å². The van der Waals surface area contributed by atoms with E-state index < -0.39 is 0 Å². The monoisotopic (exact) mass is 668 g/mol. The van der Waals surface area contributed by atoms with Crippen molar-refractivity contribution in [2.24, 2.45) is 0 Å². The highest BCUT2D eigenvalue weighted by Crippen LogP contribution is 2.33. The molecule has 3 fully saturated rings. The van der Waals surface area contributed by atoms with E-state index in [0.717, 1.165) is 42.9 Å². The van der Waals surface area contributed by atoms with Gasteiger partial charge in [0.05, 0.1) is 18.4 Å². The molecule has 3 aromatic carbocycles. The predicted octanol–water partition coefficient (Wildman–Crippen LogP) is 5.27. The Morgan fingerprint density at radius 3 is 2.12 bits per heavy atom. The molecule has 0 aromatic heterocycles. The topological polar surface area (TPSA) is 110 Å². The number of ether oxygens (including phenoxy) is 4. The average molecular weight is 669 g/mol. The normalized spacial score (nSPS) is 19.2. The van der Waals surface area contributed by atoms with Crippen LogP contribution >= 0.6 is 0 Å². The number of hydrogen-bond acceptors (Lipinski definition) is 8. The largest absolute Gasteiger partial charge is 0.496 e. The zero-order chi connectivity index (χ0) is 33.7. The molecule has 0 saturated carbocycles. The zero-order valence-corrected chi connectivity index (χ0v) is 28.0. The van der Waals surface area contributed by atoms with Gasteiger partial charge in [0.1, 0.15) is 36.1 Å². The minimum absolute atomic E-state index is 0.0149. The fourth-order valence-corrected chi connectivity index (χ4v) is 7.27. The Bertz CT molecular complexity index is 1640. The molecule has 3 amide bonds. The number of cyclic esters (lactones) is 1. The molecule has 1 N–H and O–H groups in total. The molecule has 4 heterocycles. The minimum Gasteiger partial charge on any atom is -0.496 e. The van der Waals surface area contributed by atoms with Crippen molar-refractivity contribution in [3.63, 3.8) is 0 Å². The molecule has 4 aliphatic rings. The maximum absolute atomic E-state index is 13.6. The summed E-state index contributed by atoms with van der Waals surface area (Å²) in [7, 11) is 1.55. The Kier molecular flexibility index (Phi) is 9.88. The van der Waals surface area contributed by atoms with Crippen molar-refractivity contribution < 1.29 is 33.3 Å². The lowest BCUT2D eigenvalue weighted by Gasteiger charge is -2.40. The lowest BCUT2D eigenvalue weighted by Crippen LogP contribution is -2.50. The van der Waals surface area contributed by atoms with Gasteiger partial charge in [-0.15, -0.1) is 0 Å². The lowest BCUT2D eigenvalue weighted by molar-refractivity contribution is 0.0595. The quantitative estimate of drug-likeness (QED) is 0.346. The maximum Gasteiger partial charge on any atom is 0.414 e. The van der Waals surface area contributed by atoms with E-state index >= 15 is 0 Å². The first-order valence-corrected chi connectivity index (χ1v) is 17.4. The Balaban J connectivity index is 0.902. The summed E-state index contributed by atoms with van der Waals surface area (Å²) in [5, 5.41) is 3.34. The number of methoxy groups -OCH3 is 1. The Morgan fingerprint density at radius 2 is 1.39 bits per heavy atom. The second-order valence-electron chi connectivity index (χ2n) is 13.1. The van der Waals surface area contributed by atoms with Gasteiger partial charge in [0, 0.05) is 62.3 Å². The highest BCUT2D eigenvalue weighted by molar-refractivity contribution is 5.97. The van der Waals surface area contributed by atoms with Gasteiger partial charge in [-0.1, -0.05) is 18.2 Å². The van der Waals surface area contributed by atoms with Crippen molar-refractivity contribution in [2.75, 3.05) is 51.3 Å². The van der Waals surface area contributed by atoms with Crippen molar-refractivity contribution in [1.29, 1.82) is 0 Å². The number of nitrogens with one attached hydrogen (secondary N) is 1. The van der Waals surface area contributed by atoms with E-state index in [1.807, 2.05) is 64.4 Å². The van der Waals surface area contributed by atoms with Crippen molar-refractivity contribution in [3.05, 3.63) is 83.4 Å². The van der Waals surface area contributed by atoms with Gasteiger partial charge in [-0.2, -0.15) is 0 Å². The molecule has 0 aliphatic carbocycles. The molecule has 0 spiro atoms. The molecule has 0 atom stereocenters. The number of carbonyl (C=O) groups excluding carboxylic acids is 3. The van der Waals surface area contributed by atoms with Crippen LogP contribution in [0.3, 0.4) is 0 Å². The molecule has 0 bridgehead atoms. The number of piperidine rings is 3. The molecule has 49 heavy (non-hydrogen) atoms. The van der Waals surface area contributed by atoms with E-state index in [-0.39, 0.29) is 42.8 Å². The SMILES string of the molecule is COc1cc(OC2CCN(C(=O)c3ccc(OC4CCNCC4)cc3)CC2)ccc1C(=O)N1CCC(N2C(=O)OCc3ccccc32)CC1. The Hall–Kier alpha value is -4.77. The van der Waals surface area contributed by atoms with Crippen LogP contribution < -0.4 is 24.4 Å². The van der Waals surface area contributed by atoms with Crippen LogP contribution in [0, 0.1) is 0 Å². The first-order chi connectivity index (χ1) is 24.0. The molecule has 11 nitrogen and oxygen atoms in total. The highest BCUT2D eigenvalue weighted by atomic mass is 16.6. The van der Waals surface area contributed by atoms with Crippen LogP contribution in [-0.2, 0) is 11.3 Å². The summed E-state index contributed by atoms with van der Waals surface area (Å²) in [5.74, 6) is 1.79. The third kappa shape index (κ3) is 7.32. The third-order valence-electron chi connectivity index (χ3n) is 10.0. The first-order valence-electron chi connectivity index (χ1n) is 17.4. The Labute approximate surface area is 287 Å². The lowest BCUT2D eigenvalue weighted by atomic mass is 10.00. The van der Waals surface area contributed by atoms with Crippen LogP contribution in [0.1, 0.15) is 64.8 Å². The molecule has 7 rings (SSSR count). The summed E-state index contributed by atoms with van der Waals surface area (Å²) in [6.45, 7) is 4.46. The van der Waals surface area contributed by atoms with E-state index in [1.54, 1.807) is 24.1 Å². The number of carbonyl (C=O) groups is 3. The second kappa shape index (κ2) is 14.8. The molecular weight excluding hydrogens is 624 g/mol. The van der Waals surface area contributed by atoms with E-state index in [1.165, 1.54) is 0 Å². The van der Waals surface area contributed by atoms with Gasteiger partial charge >= 0.3 is 6.09 Å². The summed E-state index contributed by atoms with van der Waals surface area (Å²) < 4.78 is 23.5. The summed E-state index contributed by atoms with van der Waals surface area (Å²) in [6.07, 6.45) is 4.52. The van der Waals surface area contributed by atoms with E-state index in [0.29, 0.717) is 74.5 Å². The van der Waals surface area contributed by atoms with Gasteiger partial charge in [0.2, 0.25) is 0 Å². The number of fused-ring (bicyclic) bond motifs is 1. The number of benzene rings is 3. The zero-order valence-electron chi connectivity index (χ0n) is 28.0. The van der Waals surface area contributed by atoms with Gasteiger partial charge < -0.3 is 34.1 Å². The van der Waals surface area contributed by atoms with Gasteiger partial charge in [0.15, 0.2) is 0 Å². The number of hydrogen-bond donors (Lipinski definition) is 1. The maximum atomic E-state index is 13.6. The van der Waals surface area contributed by atoms with Crippen LogP contribution in [-0.4, -0.2) is 92.3 Å². The molecule has 3 aromatic rings. The summed E-state index contributed by atoms with van der Waals surface area (Å²) >= 11 is 0. The number of likely N-dealkylation sites (tertiary alicyclic amines) is 2. The van der Waals surface area contributed by atoms with Gasteiger partial charge in [-0.3, -0.25) is 14.5 Å². The molecule has 0 unspecified atom stereocenters. The van der Waals surface area contributed by atoms with Crippen molar-refractivity contribution in [3.8, 4) is 17.2 Å². The van der Waals surface area contributed by atoms with Crippen LogP contribution in [0.2, 0.25) is 0 Å². The van der Waals surface area contributed by atoms with Gasteiger partial charge in [-0.05, 0) is 81.2 Å². The van der Waals surface area contributed by atoms with E-state index in [2.05, 4.69) is 5.32 Å². The van der Waals surface area contributed by atoms with E-state index in [9.17, 15) is 14.4 Å². The highest BCUT2D eigenvalue weighted by Gasteiger charge is 2.35. The molecule has 11 heteroatoms. The fraction of sp³-hybridized carbons (Fsp3) is 0.447. The number of anilines is 1. The van der Waals surface area contributed by atoms with Crippen molar-refractivity contribution in [1.82, 2.24) is 15.1 Å². The van der Waals surface area contributed by atoms with Crippen LogP contribution in [0.5, 0.6) is 17.2 Å². The van der Waals surface area contributed by atoms with Crippen molar-refractivity contribution >= 4 is 23.6 Å². The van der Waals surface area contributed by atoms with Gasteiger partial charge in [0.25, 0.3) is 11.8 Å². The summed E-state index contributed by atoms with van der Waals surface area (Å²) in [4.78, 5) is 44.9. The third-order valence-corrected chi connectivity index (χ3v) is 10.0. The number of para-hydroxylation sites is 1. The standard InChI is InChI=1S/C38H44N4O7/c1-46-35-24-32(49-31-16-22-40(23-17-31)36(43)26-6-8-29(9-7-26)48-30-12-18-39-19-13-30)10-11-33(35)37(44)41-20-14-28(15-21-41)42-34-5-3-2-4-27(34)25-47-38(42)45/h2-11,24,28,30-31,39H,12-23,25H2,1H3. The van der Waals surface area contributed by atoms with Crippen LogP contribution in [0.4, 0.5) is 10.5 Å². The van der Waals surface area contributed by atoms with Crippen molar-refractivity contribution in [2.45, 2.75) is 63.4 Å². The van der Waals surface area contributed by atoms with Gasteiger partial charge in [-0.25, -0.2) is 4.79 Å². The van der Waals surface area contributed by atoms with E-state index in [4.69, 9.17) is 18.9 Å². The number of rotatable bonds is 8. The summed E-state index contributed by atoms with van der Waals surface area (Å²) in [5.41, 5.74) is 3.02. The summed E-state index contributed by atoms with van der Waals surface area (Å²) in [6, 6.07) is 20.6. The smallest absolute Gasteiger partial charge is 0.414 e. The molecule has 0 radical (unpaired) electrons. The molecule has 258 valence electrons. The first kappa shape index (κ1) is 32.8. The number of nitrogens with zero attached hydrogens (tertiary/aromatic N) is 3. The predicted molar refractivity (Wildman–Crippen MR) is 184 cm³/mol. The van der Waals surface area contributed by atoms with Crippen LogP contribution in [0.25, 0.3) is 0 Å².